The van der Waals surface area contributed by atoms with E-state index in [9.17, 15) is 4.79 Å². The number of carboxylic acids is 1. The van der Waals surface area contributed by atoms with Crippen molar-refractivity contribution in [1.82, 2.24) is 5.32 Å². The average Bonchev–Trinajstić information content (AvgIpc) is 2.77. The maximum absolute atomic E-state index is 10.7. The molecule has 0 bridgehead atoms. The standard InChI is InChI=1S/C14H23NO3/c1-10(2)6-4-5-9-15-11(3)12-7-8-13(18-12)14(16)17/h7-8,10-11,15H,4-6,9H2,1-3H3,(H,16,17). The Morgan fingerprint density at radius 2 is 2.06 bits per heavy atom. The lowest BCUT2D eigenvalue weighted by Gasteiger charge is -2.11. The van der Waals surface area contributed by atoms with Crippen LogP contribution in [0.15, 0.2) is 16.5 Å². The Kier molecular flexibility index (Phi) is 5.92. The fourth-order valence-electron chi connectivity index (χ4n) is 1.80. The molecule has 0 amide bonds. The second-order valence-corrected chi connectivity index (χ2v) is 5.07. The molecular weight excluding hydrogens is 230 g/mol. The van der Waals surface area contributed by atoms with Crippen LogP contribution in [0.4, 0.5) is 0 Å². The summed E-state index contributed by atoms with van der Waals surface area (Å²) in [6, 6.07) is 3.27. The molecule has 0 aromatic carbocycles. The number of hydrogen-bond acceptors (Lipinski definition) is 3. The Morgan fingerprint density at radius 3 is 2.61 bits per heavy atom. The van der Waals surface area contributed by atoms with E-state index in [1.54, 1.807) is 6.07 Å². The predicted octanol–water partition coefficient (Wildman–Crippen LogP) is 3.45. The molecule has 0 saturated carbocycles. The summed E-state index contributed by atoms with van der Waals surface area (Å²) in [7, 11) is 0. The van der Waals surface area contributed by atoms with E-state index in [2.05, 4.69) is 19.2 Å². The fraction of sp³-hybridized carbons (Fsp3) is 0.643. The van der Waals surface area contributed by atoms with Gasteiger partial charge in [-0.2, -0.15) is 0 Å². The number of aromatic carboxylic acids is 1. The minimum atomic E-state index is -1.02. The molecule has 1 unspecified atom stereocenters. The van der Waals surface area contributed by atoms with Crippen LogP contribution in [0.25, 0.3) is 0 Å². The van der Waals surface area contributed by atoms with Gasteiger partial charge in [-0.25, -0.2) is 4.79 Å². The number of carbonyl (C=O) groups is 1. The van der Waals surface area contributed by atoms with E-state index in [0.29, 0.717) is 5.76 Å². The number of rotatable bonds is 8. The van der Waals surface area contributed by atoms with E-state index in [0.717, 1.165) is 18.9 Å². The molecule has 18 heavy (non-hydrogen) atoms. The molecule has 4 nitrogen and oxygen atoms in total. The number of furan rings is 1. The van der Waals surface area contributed by atoms with E-state index in [-0.39, 0.29) is 11.8 Å². The highest BCUT2D eigenvalue weighted by Gasteiger charge is 2.13. The fourth-order valence-corrected chi connectivity index (χ4v) is 1.80. The monoisotopic (exact) mass is 253 g/mol. The topological polar surface area (TPSA) is 62.5 Å². The zero-order valence-electron chi connectivity index (χ0n) is 11.4. The first-order valence-corrected chi connectivity index (χ1v) is 6.57. The number of hydrogen-bond donors (Lipinski definition) is 2. The lowest BCUT2D eigenvalue weighted by Crippen LogP contribution is -2.19. The van der Waals surface area contributed by atoms with Crippen molar-refractivity contribution in [2.24, 2.45) is 5.92 Å². The minimum absolute atomic E-state index is 0.00143. The van der Waals surface area contributed by atoms with Gasteiger partial charge in [-0.3, -0.25) is 0 Å². The molecule has 102 valence electrons. The lowest BCUT2D eigenvalue weighted by molar-refractivity contribution is 0.0659. The summed E-state index contributed by atoms with van der Waals surface area (Å²) in [4.78, 5) is 10.7. The van der Waals surface area contributed by atoms with Crippen molar-refractivity contribution < 1.29 is 14.3 Å². The molecule has 0 aliphatic carbocycles. The van der Waals surface area contributed by atoms with Crippen molar-refractivity contribution >= 4 is 5.97 Å². The van der Waals surface area contributed by atoms with Crippen LogP contribution in [0.2, 0.25) is 0 Å². The highest BCUT2D eigenvalue weighted by Crippen LogP contribution is 2.16. The molecule has 0 spiro atoms. The summed E-state index contributed by atoms with van der Waals surface area (Å²) >= 11 is 0. The molecule has 4 heteroatoms. The summed E-state index contributed by atoms with van der Waals surface area (Å²) < 4.78 is 5.24. The first-order chi connectivity index (χ1) is 8.50. The van der Waals surface area contributed by atoms with Crippen LogP contribution >= 0.6 is 0 Å². The molecular formula is C14H23NO3. The molecule has 0 radical (unpaired) electrons. The summed E-state index contributed by atoms with van der Waals surface area (Å²) in [6.45, 7) is 7.36. The van der Waals surface area contributed by atoms with Crippen molar-refractivity contribution in [3.63, 3.8) is 0 Å². The van der Waals surface area contributed by atoms with Gasteiger partial charge in [-0.1, -0.05) is 26.7 Å². The van der Waals surface area contributed by atoms with Crippen LogP contribution in [0, 0.1) is 5.92 Å². The number of carboxylic acid groups (broad SMARTS) is 1. The van der Waals surface area contributed by atoms with E-state index in [1.807, 2.05) is 6.92 Å². The third-order valence-corrected chi connectivity index (χ3v) is 2.92. The third kappa shape index (κ3) is 4.92. The molecule has 2 N–H and O–H groups in total. The minimum Gasteiger partial charge on any atom is -0.475 e. The van der Waals surface area contributed by atoms with Crippen molar-refractivity contribution in [2.75, 3.05) is 6.54 Å². The van der Waals surface area contributed by atoms with Crippen LogP contribution in [0.1, 0.15) is 62.4 Å². The van der Waals surface area contributed by atoms with Gasteiger partial charge in [-0.05, 0) is 37.9 Å². The lowest BCUT2D eigenvalue weighted by atomic mass is 10.1. The van der Waals surface area contributed by atoms with Gasteiger partial charge in [0.15, 0.2) is 0 Å². The van der Waals surface area contributed by atoms with Gasteiger partial charge in [0.25, 0.3) is 0 Å². The van der Waals surface area contributed by atoms with E-state index < -0.39 is 5.97 Å². The van der Waals surface area contributed by atoms with E-state index >= 15 is 0 Å². The SMILES string of the molecule is CC(C)CCCCNC(C)c1ccc(C(=O)O)o1. The Labute approximate surface area is 108 Å². The van der Waals surface area contributed by atoms with Crippen LogP contribution in [0.5, 0.6) is 0 Å². The van der Waals surface area contributed by atoms with Crippen LogP contribution < -0.4 is 5.32 Å². The maximum Gasteiger partial charge on any atom is 0.371 e. The molecule has 1 atom stereocenters. The third-order valence-electron chi connectivity index (χ3n) is 2.92. The zero-order valence-corrected chi connectivity index (χ0v) is 11.4. The predicted molar refractivity (Wildman–Crippen MR) is 70.8 cm³/mol. The van der Waals surface area contributed by atoms with Crippen LogP contribution in [0.3, 0.4) is 0 Å². The Morgan fingerprint density at radius 1 is 1.33 bits per heavy atom. The van der Waals surface area contributed by atoms with Crippen molar-refractivity contribution in [3.05, 3.63) is 23.7 Å². The summed E-state index contributed by atoms with van der Waals surface area (Å²) in [5.41, 5.74) is 0. The summed E-state index contributed by atoms with van der Waals surface area (Å²) in [5, 5.41) is 12.1. The van der Waals surface area contributed by atoms with Crippen molar-refractivity contribution in [3.8, 4) is 0 Å². The van der Waals surface area contributed by atoms with Crippen LogP contribution in [-0.2, 0) is 0 Å². The second-order valence-electron chi connectivity index (χ2n) is 5.07. The van der Waals surface area contributed by atoms with E-state index in [4.69, 9.17) is 9.52 Å². The summed E-state index contributed by atoms with van der Waals surface area (Å²) in [6.07, 6.45) is 3.60. The zero-order chi connectivity index (χ0) is 13.5. The smallest absolute Gasteiger partial charge is 0.371 e. The first-order valence-electron chi connectivity index (χ1n) is 6.57. The molecule has 1 rings (SSSR count). The Bertz CT molecular complexity index is 371. The molecule has 1 heterocycles. The normalized spacial score (nSPS) is 12.9. The van der Waals surface area contributed by atoms with E-state index in [1.165, 1.54) is 18.9 Å². The molecule has 1 aromatic rings. The van der Waals surface area contributed by atoms with Crippen molar-refractivity contribution in [2.45, 2.75) is 46.1 Å². The van der Waals surface area contributed by atoms with Gasteiger partial charge in [0.05, 0.1) is 6.04 Å². The van der Waals surface area contributed by atoms with Gasteiger partial charge < -0.3 is 14.8 Å². The highest BCUT2D eigenvalue weighted by molar-refractivity contribution is 5.84. The van der Waals surface area contributed by atoms with Gasteiger partial charge in [0.2, 0.25) is 5.76 Å². The Balaban J connectivity index is 2.27. The highest BCUT2D eigenvalue weighted by atomic mass is 16.4. The van der Waals surface area contributed by atoms with Gasteiger partial charge >= 0.3 is 5.97 Å². The van der Waals surface area contributed by atoms with Gasteiger partial charge in [0.1, 0.15) is 5.76 Å². The first kappa shape index (κ1) is 14.8. The maximum atomic E-state index is 10.7. The molecule has 0 aliphatic rings. The Hall–Kier alpha value is -1.29. The van der Waals surface area contributed by atoms with Gasteiger partial charge in [0, 0.05) is 0 Å². The molecule has 1 aromatic heterocycles. The number of unbranched alkanes of at least 4 members (excludes halogenated alkanes) is 1. The number of nitrogens with one attached hydrogen (secondary N) is 1. The largest absolute Gasteiger partial charge is 0.475 e. The average molecular weight is 253 g/mol. The quantitative estimate of drug-likeness (QED) is 0.696. The van der Waals surface area contributed by atoms with Crippen LogP contribution in [-0.4, -0.2) is 17.6 Å². The van der Waals surface area contributed by atoms with Crippen molar-refractivity contribution in [1.29, 1.82) is 0 Å². The molecule has 0 aliphatic heterocycles. The molecule has 0 saturated heterocycles. The molecule has 0 fully saturated rings. The second kappa shape index (κ2) is 7.21. The van der Waals surface area contributed by atoms with Gasteiger partial charge in [-0.15, -0.1) is 0 Å². The summed E-state index contributed by atoms with van der Waals surface area (Å²) in [5.74, 6) is 0.408.